The second-order valence-corrected chi connectivity index (χ2v) is 9.07. The summed E-state index contributed by atoms with van der Waals surface area (Å²) in [6, 6.07) is 9.72. The molecule has 174 valence electrons. The van der Waals surface area contributed by atoms with Gasteiger partial charge >= 0.3 is 6.18 Å². The molecular formula is C22H20ClF3N4O2S. The first-order valence-electron chi connectivity index (χ1n) is 10.2. The number of nitrogens with zero attached hydrogens (tertiary/aromatic N) is 3. The number of hydrogen-bond acceptors (Lipinski definition) is 5. The highest BCUT2D eigenvalue weighted by Crippen LogP contribution is 2.34. The van der Waals surface area contributed by atoms with E-state index in [2.05, 4.69) is 15.2 Å². The molecule has 0 unspecified atom stereocenters. The van der Waals surface area contributed by atoms with E-state index in [0.29, 0.717) is 42.2 Å². The van der Waals surface area contributed by atoms with Crippen molar-refractivity contribution in [1.82, 2.24) is 15.2 Å². The minimum atomic E-state index is -4.56. The first kappa shape index (κ1) is 23.3. The number of rotatable bonds is 4. The molecule has 0 saturated carbocycles. The maximum absolute atomic E-state index is 12.9. The Kier molecular flexibility index (Phi) is 6.49. The Hall–Kier alpha value is -2.85. The van der Waals surface area contributed by atoms with Crippen LogP contribution >= 0.6 is 22.9 Å². The molecule has 0 radical (unpaired) electrons. The number of carbonyl (C=O) groups excluding carboxylic acids is 2. The summed E-state index contributed by atoms with van der Waals surface area (Å²) < 4.78 is 38.8. The molecule has 2 aromatic heterocycles. The van der Waals surface area contributed by atoms with E-state index in [1.807, 2.05) is 24.3 Å². The molecule has 33 heavy (non-hydrogen) atoms. The number of nitrogens with one attached hydrogen (secondary N) is 1. The van der Waals surface area contributed by atoms with Gasteiger partial charge in [-0.3, -0.25) is 9.59 Å². The van der Waals surface area contributed by atoms with Gasteiger partial charge in [0.15, 0.2) is 0 Å². The number of halogens is 4. The smallest absolute Gasteiger partial charge is 0.368 e. The molecular weight excluding hydrogens is 477 g/mol. The number of thiophene rings is 1. The summed E-state index contributed by atoms with van der Waals surface area (Å²) in [7, 11) is 0. The first-order valence-corrected chi connectivity index (χ1v) is 11.4. The third-order valence-corrected chi connectivity index (χ3v) is 6.98. The number of anilines is 1. The predicted octanol–water partition coefficient (Wildman–Crippen LogP) is 4.36. The molecule has 0 spiro atoms. The molecule has 0 bridgehead atoms. The Morgan fingerprint density at radius 2 is 1.76 bits per heavy atom. The van der Waals surface area contributed by atoms with Gasteiger partial charge in [-0.25, -0.2) is 4.98 Å². The van der Waals surface area contributed by atoms with Crippen molar-refractivity contribution in [2.24, 2.45) is 0 Å². The number of piperazine rings is 1. The number of benzene rings is 1. The monoisotopic (exact) mass is 496 g/mol. The number of carbonyl (C=O) groups is 2. The highest BCUT2D eigenvalue weighted by molar-refractivity contribution is 7.20. The Morgan fingerprint density at radius 1 is 1.09 bits per heavy atom. The average molecular weight is 497 g/mol. The zero-order chi connectivity index (χ0) is 23.8. The fraction of sp³-hybridized carbons (Fsp3) is 0.318. The maximum atomic E-state index is 12.9. The van der Waals surface area contributed by atoms with Crippen molar-refractivity contribution in [2.75, 3.05) is 37.6 Å². The third-order valence-electron chi connectivity index (χ3n) is 5.52. The molecule has 3 heterocycles. The lowest BCUT2D eigenvalue weighted by molar-refractivity contribution is -0.141. The molecule has 6 nitrogen and oxygen atoms in total. The fourth-order valence-electron chi connectivity index (χ4n) is 3.69. The van der Waals surface area contributed by atoms with Crippen LogP contribution in [0.15, 0.2) is 36.4 Å². The number of amides is 2. The number of aromatic nitrogens is 1. The van der Waals surface area contributed by atoms with E-state index >= 15 is 0 Å². The SMILES string of the molecule is Cc1c(C(=O)NCC(=O)N2CCN(c3ccc(Cl)cc3)CC2)sc2nc(C(F)(F)F)ccc12. The van der Waals surface area contributed by atoms with Gasteiger partial charge in [-0.1, -0.05) is 11.6 Å². The van der Waals surface area contributed by atoms with E-state index in [-0.39, 0.29) is 22.2 Å². The van der Waals surface area contributed by atoms with Crippen LogP contribution in [0.2, 0.25) is 5.02 Å². The lowest BCUT2D eigenvalue weighted by atomic mass is 10.2. The van der Waals surface area contributed by atoms with Gasteiger partial charge in [-0.2, -0.15) is 13.2 Å². The molecule has 0 aliphatic carbocycles. The van der Waals surface area contributed by atoms with Crippen LogP contribution in [0.3, 0.4) is 0 Å². The van der Waals surface area contributed by atoms with Gasteiger partial charge in [0, 0.05) is 42.3 Å². The van der Waals surface area contributed by atoms with Crippen LogP contribution in [0, 0.1) is 6.92 Å². The highest BCUT2D eigenvalue weighted by Gasteiger charge is 2.33. The van der Waals surface area contributed by atoms with E-state index in [0.717, 1.165) is 23.1 Å². The Labute approximate surface area is 197 Å². The molecule has 1 aliphatic heterocycles. The Balaban J connectivity index is 1.35. The van der Waals surface area contributed by atoms with Crippen LogP contribution in [-0.4, -0.2) is 54.4 Å². The number of hydrogen-bond donors (Lipinski definition) is 1. The van der Waals surface area contributed by atoms with Crippen molar-refractivity contribution < 1.29 is 22.8 Å². The maximum Gasteiger partial charge on any atom is 0.433 e. The largest absolute Gasteiger partial charge is 0.433 e. The van der Waals surface area contributed by atoms with E-state index in [4.69, 9.17) is 11.6 Å². The van der Waals surface area contributed by atoms with Crippen molar-refractivity contribution >= 4 is 50.7 Å². The summed E-state index contributed by atoms with van der Waals surface area (Å²) >= 11 is 6.81. The van der Waals surface area contributed by atoms with Crippen molar-refractivity contribution in [2.45, 2.75) is 13.1 Å². The summed E-state index contributed by atoms with van der Waals surface area (Å²) in [6.07, 6.45) is -4.56. The third kappa shape index (κ3) is 5.06. The molecule has 1 aliphatic rings. The van der Waals surface area contributed by atoms with Crippen LogP contribution in [0.4, 0.5) is 18.9 Å². The molecule has 2 amide bonds. The summed E-state index contributed by atoms with van der Waals surface area (Å²) in [4.78, 5) is 33.1. The molecule has 1 aromatic carbocycles. The van der Waals surface area contributed by atoms with E-state index in [1.165, 1.54) is 6.07 Å². The van der Waals surface area contributed by atoms with Crippen molar-refractivity contribution in [3.63, 3.8) is 0 Å². The van der Waals surface area contributed by atoms with Gasteiger partial charge < -0.3 is 15.1 Å². The van der Waals surface area contributed by atoms with Gasteiger partial charge in [0.1, 0.15) is 10.5 Å². The van der Waals surface area contributed by atoms with Crippen molar-refractivity contribution in [3.8, 4) is 0 Å². The van der Waals surface area contributed by atoms with Gasteiger partial charge in [-0.15, -0.1) is 11.3 Å². The minimum absolute atomic E-state index is 0.136. The van der Waals surface area contributed by atoms with Crippen LogP contribution in [0.1, 0.15) is 20.9 Å². The molecule has 3 aromatic rings. The first-order chi connectivity index (χ1) is 15.6. The van der Waals surface area contributed by atoms with Gasteiger partial charge in [0.05, 0.1) is 11.4 Å². The fourth-order valence-corrected chi connectivity index (χ4v) is 4.91. The molecule has 0 atom stereocenters. The normalized spacial score (nSPS) is 14.6. The summed E-state index contributed by atoms with van der Waals surface area (Å²) in [5, 5.41) is 3.74. The van der Waals surface area contributed by atoms with Crippen LogP contribution < -0.4 is 10.2 Å². The van der Waals surface area contributed by atoms with Crippen molar-refractivity contribution in [1.29, 1.82) is 0 Å². The number of aryl methyl sites for hydroxylation is 1. The standard InChI is InChI=1S/C22H20ClF3N4O2S/c1-13-16-6-7-17(22(24,25)26)28-21(16)33-19(13)20(32)27-12-18(31)30-10-8-29(9-11-30)15-4-2-14(23)3-5-15/h2-7H,8-12H2,1H3,(H,27,32). The average Bonchev–Trinajstić information content (AvgIpc) is 3.13. The lowest BCUT2D eigenvalue weighted by Crippen LogP contribution is -2.51. The topological polar surface area (TPSA) is 65.5 Å². The van der Waals surface area contributed by atoms with E-state index in [9.17, 15) is 22.8 Å². The summed E-state index contributed by atoms with van der Waals surface area (Å²) in [6.45, 7) is 3.82. The van der Waals surface area contributed by atoms with Gasteiger partial charge in [0.2, 0.25) is 5.91 Å². The quantitative estimate of drug-likeness (QED) is 0.583. The van der Waals surface area contributed by atoms with Gasteiger partial charge in [0.25, 0.3) is 5.91 Å². The van der Waals surface area contributed by atoms with E-state index < -0.39 is 17.8 Å². The number of fused-ring (bicyclic) bond motifs is 1. The second kappa shape index (κ2) is 9.18. The second-order valence-electron chi connectivity index (χ2n) is 7.63. The molecule has 1 saturated heterocycles. The number of pyridine rings is 1. The number of alkyl halides is 3. The van der Waals surface area contributed by atoms with E-state index in [1.54, 1.807) is 11.8 Å². The van der Waals surface area contributed by atoms with Crippen molar-refractivity contribution in [3.05, 3.63) is 57.6 Å². The summed E-state index contributed by atoms with van der Waals surface area (Å²) in [5.41, 5.74) is 0.566. The van der Waals surface area contributed by atoms with Crippen LogP contribution in [0.25, 0.3) is 10.2 Å². The van der Waals surface area contributed by atoms with Crippen LogP contribution in [0.5, 0.6) is 0 Å². The molecule has 1 fully saturated rings. The summed E-state index contributed by atoms with van der Waals surface area (Å²) in [5.74, 6) is -0.715. The predicted molar refractivity (Wildman–Crippen MR) is 122 cm³/mol. The Morgan fingerprint density at radius 3 is 2.39 bits per heavy atom. The van der Waals surface area contributed by atoms with Gasteiger partial charge in [-0.05, 0) is 48.9 Å². The highest BCUT2D eigenvalue weighted by atomic mass is 35.5. The van der Waals surface area contributed by atoms with Crippen LogP contribution in [-0.2, 0) is 11.0 Å². The molecule has 11 heteroatoms. The lowest BCUT2D eigenvalue weighted by Gasteiger charge is -2.36. The zero-order valence-electron chi connectivity index (χ0n) is 17.6. The molecule has 1 N–H and O–H groups in total. The Bertz CT molecular complexity index is 1190. The zero-order valence-corrected chi connectivity index (χ0v) is 19.2. The minimum Gasteiger partial charge on any atom is -0.368 e. The molecule has 4 rings (SSSR count).